The van der Waals surface area contributed by atoms with Gasteiger partial charge in [0.25, 0.3) is 15.9 Å². The van der Waals surface area contributed by atoms with Crippen LogP contribution in [0.5, 0.6) is 5.75 Å². The number of hydroxylamine groups is 1. The molecule has 3 aromatic rings. The molecule has 0 bridgehead atoms. The van der Waals surface area contributed by atoms with Gasteiger partial charge in [-0.3, -0.25) is 10.0 Å². The number of nitrogens with one attached hydrogen (secondary N) is 1. The molecule has 1 saturated heterocycles. The third kappa shape index (κ3) is 6.04. The van der Waals surface area contributed by atoms with Crippen molar-refractivity contribution >= 4 is 22.0 Å². The number of carbonyl (C=O) groups is 1. The van der Waals surface area contributed by atoms with E-state index in [2.05, 4.69) is 11.9 Å². The van der Waals surface area contributed by atoms with E-state index in [-0.39, 0.29) is 4.90 Å². The van der Waals surface area contributed by atoms with Gasteiger partial charge >= 0.3 is 0 Å². The topological polar surface area (TPSA) is 101 Å². The van der Waals surface area contributed by atoms with Crippen molar-refractivity contribution in [3.63, 3.8) is 0 Å². The van der Waals surface area contributed by atoms with Gasteiger partial charge in [-0.1, -0.05) is 42.5 Å². The Labute approximate surface area is 211 Å². The predicted molar refractivity (Wildman–Crippen MR) is 138 cm³/mol. The number of hydrogen-bond donors (Lipinski definition) is 2. The van der Waals surface area contributed by atoms with E-state index in [1.807, 2.05) is 36.4 Å². The van der Waals surface area contributed by atoms with Gasteiger partial charge in [0.05, 0.1) is 6.61 Å². The summed E-state index contributed by atoms with van der Waals surface area (Å²) in [6.45, 7) is 2.57. The van der Waals surface area contributed by atoms with Gasteiger partial charge < -0.3 is 9.64 Å². The molecule has 1 aromatic heterocycles. The third-order valence-corrected chi connectivity index (χ3v) is 8.17. The zero-order chi connectivity index (χ0) is 25.5. The molecule has 1 fully saturated rings. The molecule has 0 spiro atoms. The molecule has 36 heavy (non-hydrogen) atoms. The standard InChI is InChI=1S/C27H31N3O5S/c1-29-16-12-21(13-17-29)15-19-35-25-9-5-8-24(23-6-3-2-4-7-23)27(25)36(33,34)30-18-14-22(20-30)10-11-26(31)28-32/h2-11,14,18,20-21,32H,12-13,15-17,19H2,1H3,(H,28,31)/b11-10+. The van der Waals surface area contributed by atoms with Crippen LogP contribution in [-0.4, -0.2) is 55.1 Å². The maximum Gasteiger partial charge on any atom is 0.271 e. The second kappa shape index (κ2) is 11.6. The minimum atomic E-state index is -4.03. The van der Waals surface area contributed by atoms with Gasteiger partial charge in [-0.2, -0.15) is 0 Å². The molecule has 0 aliphatic carbocycles. The number of nitrogens with zero attached hydrogens (tertiary/aromatic N) is 2. The monoisotopic (exact) mass is 509 g/mol. The average molecular weight is 510 g/mol. The molecule has 1 amide bonds. The summed E-state index contributed by atoms with van der Waals surface area (Å²) in [7, 11) is -1.91. The fourth-order valence-corrected chi connectivity index (χ4v) is 5.92. The van der Waals surface area contributed by atoms with E-state index in [0.29, 0.717) is 29.4 Å². The second-order valence-corrected chi connectivity index (χ2v) is 10.8. The molecule has 8 nitrogen and oxygen atoms in total. The van der Waals surface area contributed by atoms with Crippen molar-refractivity contribution in [2.75, 3.05) is 26.7 Å². The predicted octanol–water partition coefficient (Wildman–Crippen LogP) is 4.02. The first-order valence-corrected chi connectivity index (χ1v) is 13.4. The zero-order valence-electron chi connectivity index (χ0n) is 20.2. The normalized spacial score (nSPS) is 15.3. The Hall–Kier alpha value is -3.40. The van der Waals surface area contributed by atoms with Crippen molar-refractivity contribution in [2.45, 2.75) is 24.2 Å². The lowest BCUT2D eigenvalue weighted by atomic mass is 9.94. The van der Waals surface area contributed by atoms with Gasteiger partial charge in [0, 0.05) is 24.0 Å². The van der Waals surface area contributed by atoms with Crippen molar-refractivity contribution < 1.29 is 23.2 Å². The van der Waals surface area contributed by atoms with Crippen LogP contribution in [0.1, 0.15) is 24.8 Å². The Morgan fingerprint density at radius 1 is 1.11 bits per heavy atom. The molecule has 0 saturated carbocycles. The Morgan fingerprint density at radius 3 is 2.58 bits per heavy atom. The highest BCUT2D eigenvalue weighted by atomic mass is 32.2. The molecule has 2 N–H and O–H groups in total. The van der Waals surface area contributed by atoms with Gasteiger partial charge in [0.1, 0.15) is 10.6 Å². The first-order chi connectivity index (χ1) is 17.4. The SMILES string of the molecule is CN1CCC(CCOc2cccc(-c3ccccc3)c2S(=O)(=O)n2ccc(/C=C/C(=O)NO)c2)CC1. The minimum Gasteiger partial charge on any atom is -0.492 e. The van der Waals surface area contributed by atoms with Crippen molar-refractivity contribution in [3.05, 3.63) is 78.6 Å². The van der Waals surface area contributed by atoms with Crippen LogP contribution in [-0.2, 0) is 14.8 Å². The molecular weight excluding hydrogens is 478 g/mol. The Kier molecular flexibility index (Phi) is 8.25. The van der Waals surface area contributed by atoms with Crippen LogP contribution in [0, 0.1) is 5.92 Å². The lowest BCUT2D eigenvalue weighted by Gasteiger charge is -2.28. The van der Waals surface area contributed by atoms with E-state index in [4.69, 9.17) is 9.94 Å². The van der Waals surface area contributed by atoms with Gasteiger partial charge in [0.2, 0.25) is 0 Å². The average Bonchev–Trinajstić information content (AvgIpc) is 3.39. The molecule has 4 rings (SSSR count). The molecule has 1 aliphatic heterocycles. The molecule has 190 valence electrons. The number of hydrogen-bond acceptors (Lipinski definition) is 6. The van der Waals surface area contributed by atoms with Gasteiger partial charge in [-0.25, -0.2) is 17.9 Å². The fourth-order valence-electron chi connectivity index (χ4n) is 4.38. The Bertz CT molecular complexity index is 1310. The molecule has 0 atom stereocenters. The van der Waals surface area contributed by atoms with Crippen LogP contribution in [0.15, 0.2) is 78.0 Å². The fraction of sp³-hybridized carbons (Fsp3) is 0.296. The van der Waals surface area contributed by atoms with Crippen molar-refractivity contribution in [1.29, 1.82) is 0 Å². The lowest BCUT2D eigenvalue weighted by Crippen LogP contribution is -2.30. The van der Waals surface area contributed by atoms with E-state index in [1.54, 1.807) is 18.2 Å². The highest BCUT2D eigenvalue weighted by Gasteiger charge is 2.27. The number of ether oxygens (including phenoxy) is 1. The first-order valence-electron chi connectivity index (χ1n) is 11.9. The van der Waals surface area contributed by atoms with Gasteiger partial charge in [-0.05, 0) is 74.7 Å². The maximum atomic E-state index is 13.9. The van der Waals surface area contributed by atoms with Gasteiger partial charge in [0.15, 0.2) is 0 Å². The summed E-state index contributed by atoms with van der Waals surface area (Å²) < 4.78 is 35.0. The molecule has 1 aliphatic rings. The van der Waals surface area contributed by atoms with Crippen LogP contribution in [0.25, 0.3) is 17.2 Å². The second-order valence-electron chi connectivity index (χ2n) is 8.97. The highest BCUT2D eigenvalue weighted by molar-refractivity contribution is 7.90. The minimum absolute atomic E-state index is 0.0961. The first kappa shape index (κ1) is 25.7. The van der Waals surface area contributed by atoms with E-state index >= 15 is 0 Å². The molecule has 2 heterocycles. The summed E-state index contributed by atoms with van der Waals surface area (Å²) in [6, 6.07) is 16.2. The van der Waals surface area contributed by atoms with Crippen LogP contribution in [0.3, 0.4) is 0 Å². The quantitative estimate of drug-likeness (QED) is 0.257. The van der Waals surface area contributed by atoms with E-state index < -0.39 is 15.9 Å². The number of piperidine rings is 1. The number of carbonyl (C=O) groups excluding carboxylic acids is 1. The van der Waals surface area contributed by atoms with Crippen LogP contribution >= 0.6 is 0 Å². The van der Waals surface area contributed by atoms with E-state index in [9.17, 15) is 13.2 Å². The summed E-state index contributed by atoms with van der Waals surface area (Å²) in [5, 5.41) is 8.66. The third-order valence-electron chi connectivity index (χ3n) is 6.45. The highest BCUT2D eigenvalue weighted by Crippen LogP contribution is 2.36. The van der Waals surface area contributed by atoms with Crippen molar-refractivity contribution in [3.8, 4) is 16.9 Å². The number of benzene rings is 2. The largest absolute Gasteiger partial charge is 0.492 e. The molecule has 0 unspecified atom stereocenters. The van der Waals surface area contributed by atoms with E-state index in [0.717, 1.165) is 48.0 Å². The summed E-state index contributed by atoms with van der Waals surface area (Å²) >= 11 is 0. The van der Waals surface area contributed by atoms with E-state index in [1.165, 1.54) is 23.9 Å². The number of rotatable bonds is 9. The summed E-state index contributed by atoms with van der Waals surface area (Å²) in [6.07, 6.45) is 8.47. The van der Waals surface area contributed by atoms with Gasteiger partial charge in [-0.15, -0.1) is 0 Å². The number of amides is 1. The molecular formula is C27H31N3O5S. The number of likely N-dealkylation sites (tertiary alicyclic amines) is 1. The molecule has 2 aromatic carbocycles. The molecule has 0 radical (unpaired) electrons. The van der Waals surface area contributed by atoms with Crippen molar-refractivity contribution in [2.24, 2.45) is 5.92 Å². The maximum absolute atomic E-state index is 13.9. The smallest absolute Gasteiger partial charge is 0.271 e. The summed E-state index contributed by atoms with van der Waals surface area (Å²) in [5.41, 5.74) is 3.32. The van der Waals surface area contributed by atoms with Crippen LogP contribution < -0.4 is 10.2 Å². The van der Waals surface area contributed by atoms with Crippen molar-refractivity contribution in [1.82, 2.24) is 14.4 Å². The lowest BCUT2D eigenvalue weighted by molar-refractivity contribution is -0.124. The Morgan fingerprint density at radius 2 is 1.86 bits per heavy atom. The summed E-state index contributed by atoms with van der Waals surface area (Å²) in [4.78, 5) is 13.7. The van der Waals surface area contributed by atoms with Crippen LogP contribution in [0.4, 0.5) is 0 Å². The number of aromatic nitrogens is 1. The van der Waals surface area contributed by atoms with Crippen LogP contribution in [0.2, 0.25) is 0 Å². The zero-order valence-corrected chi connectivity index (χ0v) is 21.0. The summed E-state index contributed by atoms with van der Waals surface area (Å²) in [5.74, 6) is 0.170. The molecule has 9 heteroatoms. The Balaban J connectivity index is 1.66.